The molecule has 1 heterocycles. The van der Waals surface area contributed by atoms with Crippen molar-refractivity contribution in [2.75, 3.05) is 14.2 Å². The van der Waals surface area contributed by atoms with Gasteiger partial charge in [-0.3, -0.25) is 0 Å². The lowest BCUT2D eigenvalue weighted by molar-refractivity contribution is -0.0398. The molecule has 0 N–H and O–H groups in total. The summed E-state index contributed by atoms with van der Waals surface area (Å²) in [5, 5.41) is 2.09. The predicted molar refractivity (Wildman–Crippen MR) is 77.3 cm³/mol. The van der Waals surface area contributed by atoms with E-state index in [2.05, 4.69) is 48.7 Å². The van der Waals surface area contributed by atoms with Crippen molar-refractivity contribution in [3.8, 4) is 0 Å². The molecule has 1 aliphatic rings. The fourth-order valence-corrected chi connectivity index (χ4v) is 4.56. The summed E-state index contributed by atoms with van der Waals surface area (Å²) < 4.78 is 11.9. The molecule has 1 saturated carbocycles. The van der Waals surface area contributed by atoms with Crippen LogP contribution in [0, 0.1) is 5.92 Å². The van der Waals surface area contributed by atoms with Crippen molar-refractivity contribution in [2.45, 2.75) is 18.1 Å². The summed E-state index contributed by atoms with van der Waals surface area (Å²) in [4.78, 5) is 1.23. The van der Waals surface area contributed by atoms with Crippen molar-refractivity contribution < 1.29 is 9.47 Å². The van der Waals surface area contributed by atoms with Crippen LogP contribution in [0.5, 0.6) is 0 Å². The number of benzene rings is 1. The van der Waals surface area contributed by atoms with Gasteiger partial charge < -0.3 is 9.47 Å². The molecule has 19 heavy (non-hydrogen) atoms. The molecule has 0 saturated heterocycles. The van der Waals surface area contributed by atoms with Gasteiger partial charge in [-0.1, -0.05) is 43.3 Å². The highest BCUT2D eigenvalue weighted by Gasteiger charge is 2.78. The molecule has 2 aromatic rings. The van der Waals surface area contributed by atoms with E-state index in [0.717, 1.165) is 0 Å². The molecular formula is C16H18O2S. The van der Waals surface area contributed by atoms with Crippen LogP contribution in [0.25, 0.3) is 0 Å². The van der Waals surface area contributed by atoms with Gasteiger partial charge >= 0.3 is 0 Å². The third-order valence-electron chi connectivity index (χ3n) is 4.42. The third kappa shape index (κ3) is 1.43. The van der Waals surface area contributed by atoms with E-state index in [1.54, 1.807) is 25.6 Å². The van der Waals surface area contributed by atoms with E-state index in [9.17, 15) is 0 Å². The molecule has 3 rings (SSSR count). The van der Waals surface area contributed by atoms with Gasteiger partial charge in [0.25, 0.3) is 0 Å². The van der Waals surface area contributed by atoms with Crippen LogP contribution < -0.4 is 0 Å². The van der Waals surface area contributed by atoms with Gasteiger partial charge in [0.1, 0.15) is 11.2 Å². The Kier molecular flexibility index (Phi) is 3.01. The Balaban J connectivity index is 2.14. The monoisotopic (exact) mass is 274 g/mol. The summed E-state index contributed by atoms with van der Waals surface area (Å²) in [6, 6.07) is 14.6. The molecule has 1 aromatic heterocycles. The fourth-order valence-electron chi connectivity index (χ4n) is 3.51. The standard InChI is InChI=1S/C16H18O2S/c1-12-15(17-2,13-8-5-4-6-9-13)16(12,18-3)14-10-7-11-19-14/h4-12H,1-3H3/t12-,15-,16+/m0/s1. The normalized spacial score (nSPS) is 33.3. The highest BCUT2D eigenvalue weighted by Crippen LogP contribution is 2.71. The van der Waals surface area contributed by atoms with Gasteiger partial charge in [-0.25, -0.2) is 0 Å². The molecule has 100 valence electrons. The number of hydrogen-bond donors (Lipinski definition) is 0. The first-order valence-corrected chi connectivity index (χ1v) is 7.31. The van der Waals surface area contributed by atoms with Crippen LogP contribution in [-0.2, 0) is 20.7 Å². The Bertz CT molecular complexity index is 551. The fraction of sp³-hybridized carbons (Fsp3) is 0.375. The molecule has 0 aliphatic heterocycles. The van der Waals surface area contributed by atoms with Crippen molar-refractivity contribution in [1.82, 2.24) is 0 Å². The maximum absolute atomic E-state index is 5.96. The van der Waals surface area contributed by atoms with Crippen molar-refractivity contribution in [1.29, 1.82) is 0 Å². The Morgan fingerprint density at radius 2 is 1.63 bits per heavy atom. The molecule has 1 aromatic carbocycles. The van der Waals surface area contributed by atoms with Crippen LogP contribution in [0.3, 0.4) is 0 Å². The number of ether oxygens (including phenoxy) is 2. The Labute approximate surface area is 118 Å². The zero-order valence-corrected chi connectivity index (χ0v) is 12.2. The van der Waals surface area contributed by atoms with Gasteiger partial charge in [-0.2, -0.15) is 0 Å². The van der Waals surface area contributed by atoms with Crippen LogP contribution in [0.4, 0.5) is 0 Å². The second-order valence-corrected chi connectivity index (χ2v) is 5.89. The first-order chi connectivity index (χ1) is 9.24. The molecular weight excluding hydrogens is 256 g/mol. The zero-order valence-electron chi connectivity index (χ0n) is 11.4. The summed E-state index contributed by atoms with van der Waals surface area (Å²) in [5.41, 5.74) is 0.436. The van der Waals surface area contributed by atoms with Crippen LogP contribution in [-0.4, -0.2) is 14.2 Å². The first-order valence-electron chi connectivity index (χ1n) is 6.44. The zero-order chi connectivity index (χ0) is 13.5. The van der Waals surface area contributed by atoms with Gasteiger partial charge in [-0.05, 0) is 17.0 Å². The summed E-state index contributed by atoms with van der Waals surface area (Å²) >= 11 is 1.73. The lowest BCUT2D eigenvalue weighted by atomic mass is 10.0. The van der Waals surface area contributed by atoms with Crippen LogP contribution in [0.15, 0.2) is 47.8 Å². The van der Waals surface area contributed by atoms with Crippen molar-refractivity contribution in [2.24, 2.45) is 5.92 Å². The second kappa shape index (κ2) is 4.44. The highest BCUT2D eigenvalue weighted by atomic mass is 32.1. The summed E-state index contributed by atoms with van der Waals surface area (Å²) in [7, 11) is 3.55. The summed E-state index contributed by atoms with van der Waals surface area (Å²) in [5.74, 6) is 0.288. The molecule has 3 atom stereocenters. The minimum atomic E-state index is -0.381. The lowest BCUT2D eigenvalue weighted by Gasteiger charge is -2.23. The van der Waals surface area contributed by atoms with E-state index in [4.69, 9.17) is 9.47 Å². The predicted octanol–water partition coefficient (Wildman–Crippen LogP) is 3.78. The maximum atomic E-state index is 5.96. The van der Waals surface area contributed by atoms with E-state index < -0.39 is 0 Å². The molecule has 0 spiro atoms. The molecule has 1 fully saturated rings. The quantitative estimate of drug-likeness (QED) is 0.844. The molecule has 3 heteroatoms. The van der Waals surface area contributed by atoms with Gasteiger partial charge in [-0.15, -0.1) is 11.3 Å². The Morgan fingerprint density at radius 3 is 2.16 bits per heavy atom. The first kappa shape index (κ1) is 12.9. The van der Waals surface area contributed by atoms with Crippen molar-refractivity contribution in [3.63, 3.8) is 0 Å². The Hall–Kier alpha value is -1.16. The van der Waals surface area contributed by atoms with E-state index in [1.165, 1.54) is 10.4 Å². The lowest BCUT2D eigenvalue weighted by Crippen LogP contribution is -2.25. The van der Waals surface area contributed by atoms with Gasteiger partial charge in [0, 0.05) is 25.0 Å². The molecule has 0 bridgehead atoms. The van der Waals surface area contributed by atoms with E-state index in [-0.39, 0.29) is 17.1 Å². The maximum Gasteiger partial charge on any atom is 0.141 e. The van der Waals surface area contributed by atoms with Gasteiger partial charge in [0.05, 0.1) is 0 Å². The largest absolute Gasteiger partial charge is 0.370 e. The number of hydrogen-bond acceptors (Lipinski definition) is 3. The minimum absolute atomic E-state index is 0.288. The highest BCUT2D eigenvalue weighted by molar-refractivity contribution is 7.10. The van der Waals surface area contributed by atoms with Crippen LogP contribution >= 0.6 is 11.3 Å². The SMILES string of the molecule is CO[C@]1(c2ccccc2)[C@H](C)[C@@]1(OC)c1cccs1. The Morgan fingerprint density at radius 1 is 0.947 bits per heavy atom. The molecule has 2 nitrogen and oxygen atoms in total. The van der Waals surface area contributed by atoms with Crippen LogP contribution in [0.1, 0.15) is 17.4 Å². The summed E-state index contributed by atoms with van der Waals surface area (Å²) in [6.45, 7) is 2.19. The average Bonchev–Trinajstić information content (AvgIpc) is 2.83. The van der Waals surface area contributed by atoms with E-state index in [1.807, 2.05) is 6.07 Å². The van der Waals surface area contributed by atoms with Crippen molar-refractivity contribution >= 4 is 11.3 Å². The molecule has 0 radical (unpaired) electrons. The average molecular weight is 274 g/mol. The van der Waals surface area contributed by atoms with E-state index in [0.29, 0.717) is 0 Å². The summed E-state index contributed by atoms with van der Waals surface area (Å²) in [6.07, 6.45) is 0. The van der Waals surface area contributed by atoms with Gasteiger partial charge in [0.2, 0.25) is 0 Å². The number of rotatable bonds is 4. The van der Waals surface area contributed by atoms with Crippen LogP contribution in [0.2, 0.25) is 0 Å². The topological polar surface area (TPSA) is 18.5 Å². The molecule has 1 aliphatic carbocycles. The number of methoxy groups -OCH3 is 2. The molecule has 0 unspecified atom stereocenters. The van der Waals surface area contributed by atoms with Crippen molar-refractivity contribution in [3.05, 3.63) is 58.3 Å². The number of thiophene rings is 1. The molecule has 0 amide bonds. The second-order valence-electron chi connectivity index (χ2n) is 4.94. The minimum Gasteiger partial charge on any atom is -0.370 e. The van der Waals surface area contributed by atoms with Gasteiger partial charge in [0.15, 0.2) is 0 Å². The van der Waals surface area contributed by atoms with E-state index >= 15 is 0 Å². The smallest absolute Gasteiger partial charge is 0.141 e. The third-order valence-corrected chi connectivity index (χ3v) is 5.41.